The van der Waals surface area contributed by atoms with Gasteiger partial charge in [0.15, 0.2) is 0 Å². The fourth-order valence-corrected chi connectivity index (χ4v) is 39.9. The Morgan fingerprint density at radius 3 is 1.24 bits per heavy atom. The van der Waals surface area contributed by atoms with E-state index in [2.05, 4.69) is 223 Å². The second kappa shape index (κ2) is 14.8. The predicted molar refractivity (Wildman–Crippen MR) is 273 cm³/mol. The molecule has 6 aromatic carbocycles. The van der Waals surface area contributed by atoms with E-state index in [9.17, 15) is 17.0 Å². The minimum absolute atomic E-state index is 0.0371. The molecule has 0 saturated heterocycles. The standard InChI is InChI=1S/2C23H27.C12H9Si.2ClH.Zr/c2*1-22(2,3)17-14-16-10-9-12-18(20(16)15-17)19-11-7-8-13-21(19)23(4,5)6;1-3-7-11-9(5-1)10-6-2-4-8-12(10)13-11;;;/h2*7-15H,1-6H3;1-7H,13H2;2*1H;/q;;;;;+2/p-2. The van der Waals surface area contributed by atoms with Crippen molar-refractivity contribution in [2.45, 2.75) is 101 Å². The van der Waals surface area contributed by atoms with E-state index in [0.717, 1.165) is 0 Å². The molecular weight excluding hydrogens is 887 g/mol. The van der Waals surface area contributed by atoms with E-state index >= 15 is 0 Å². The van der Waals surface area contributed by atoms with Gasteiger partial charge in [0.05, 0.1) is 0 Å². The minimum atomic E-state index is -5.82. The molecule has 1 heterocycles. The van der Waals surface area contributed by atoms with Gasteiger partial charge in [-0.25, -0.2) is 0 Å². The predicted octanol–water partition coefficient (Wildman–Crippen LogP) is 14.7. The van der Waals surface area contributed by atoms with Gasteiger partial charge in [-0.05, 0) is 0 Å². The molecule has 1 aliphatic heterocycles. The molecule has 0 fully saturated rings. The summed E-state index contributed by atoms with van der Waals surface area (Å²) >= 11 is -5.82. The SMILES string of the molecule is CC(C)(C)C1=Cc2c(-c3ccccc3C(C)(C)C)cccc2[CH]1[Zr]([Cl])([Cl])([c]1cccc2c1[SiH2]c1ccccc1-2)[CH]1C(C(C)(C)C)=Cc2c(-c3ccccc3C(C)(C)C)cccc21. The van der Waals surface area contributed by atoms with Gasteiger partial charge in [0.25, 0.3) is 0 Å². The van der Waals surface area contributed by atoms with Crippen LogP contribution in [-0.4, -0.2) is 9.52 Å². The molecule has 0 saturated carbocycles. The van der Waals surface area contributed by atoms with Crippen molar-refractivity contribution in [1.29, 1.82) is 0 Å². The van der Waals surface area contributed by atoms with Gasteiger partial charge in [-0.15, -0.1) is 0 Å². The van der Waals surface area contributed by atoms with Crippen LogP contribution >= 0.6 is 17.0 Å². The Balaban J connectivity index is 1.41. The van der Waals surface area contributed by atoms with Crippen molar-refractivity contribution in [2.75, 3.05) is 0 Å². The monoisotopic (exact) mass is 947 g/mol. The van der Waals surface area contributed by atoms with Gasteiger partial charge < -0.3 is 0 Å². The Hall–Kier alpha value is -3.52. The number of allylic oxidation sites excluding steroid dienone is 2. The molecule has 2 unspecified atom stereocenters. The number of hydrogen-bond acceptors (Lipinski definition) is 0. The third-order valence-electron chi connectivity index (χ3n) is 14.3. The van der Waals surface area contributed by atoms with Crippen molar-refractivity contribution >= 4 is 52.3 Å². The van der Waals surface area contributed by atoms with E-state index < -0.39 is 25.9 Å². The van der Waals surface area contributed by atoms with E-state index in [0.29, 0.717) is 0 Å². The van der Waals surface area contributed by atoms with Crippen molar-refractivity contribution in [2.24, 2.45) is 10.8 Å². The van der Waals surface area contributed by atoms with E-state index in [-0.39, 0.29) is 28.9 Å². The molecule has 2 aliphatic carbocycles. The van der Waals surface area contributed by atoms with Crippen LogP contribution in [-0.2, 0) is 27.2 Å². The topological polar surface area (TPSA) is 0 Å². The third-order valence-corrected chi connectivity index (χ3v) is 36.8. The summed E-state index contributed by atoms with van der Waals surface area (Å²) in [5.74, 6) is 0. The second-order valence-electron chi connectivity index (χ2n) is 22.6. The van der Waals surface area contributed by atoms with Gasteiger partial charge in [0, 0.05) is 0 Å². The van der Waals surface area contributed by atoms with Gasteiger partial charge in [-0.3, -0.25) is 0 Å². The first-order valence-electron chi connectivity index (χ1n) is 22.7. The van der Waals surface area contributed by atoms with Crippen LogP contribution in [0.5, 0.6) is 0 Å². The number of hydrogen-bond donors (Lipinski definition) is 0. The molecule has 0 bridgehead atoms. The third kappa shape index (κ3) is 6.84. The van der Waals surface area contributed by atoms with Crippen molar-refractivity contribution in [1.82, 2.24) is 0 Å². The molecule has 3 aliphatic rings. The maximum atomic E-state index is 9.54. The van der Waals surface area contributed by atoms with Gasteiger partial charge in [-0.2, -0.15) is 0 Å². The first kappa shape index (κ1) is 43.7. The average molecular weight is 950 g/mol. The van der Waals surface area contributed by atoms with E-state index in [4.69, 9.17) is 0 Å². The van der Waals surface area contributed by atoms with E-state index in [1.807, 2.05) is 0 Å². The van der Waals surface area contributed by atoms with Crippen LogP contribution in [0.4, 0.5) is 0 Å². The molecule has 0 nitrogen and oxygen atoms in total. The molecule has 0 amide bonds. The fourth-order valence-electron chi connectivity index (χ4n) is 11.5. The first-order valence-corrected chi connectivity index (χ1v) is 34.5. The van der Waals surface area contributed by atoms with Crippen molar-refractivity contribution in [3.05, 3.63) is 172 Å². The Labute approximate surface area is 383 Å². The van der Waals surface area contributed by atoms with Gasteiger partial charge in [-0.1, -0.05) is 0 Å². The van der Waals surface area contributed by atoms with Crippen molar-refractivity contribution in [3.8, 4) is 33.4 Å². The molecule has 317 valence electrons. The molecule has 6 aromatic rings. The molecule has 0 radical (unpaired) electrons. The zero-order chi connectivity index (χ0) is 44.4. The molecule has 0 N–H and O–H groups in total. The van der Waals surface area contributed by atoms with Crippen LogP contribution in [0.15, 0.2) is 139 Å². The second-order valence-corrected chi connectivity index (χ2v) is 45.0. The van der Waals surface area contributed by atoms with Crippen LogP contribution in [0.3, 0.4) is 0 Å². The zero-order valence-electron chi connectivity index (χ0n) is 38.9. The average Bonchev–Trinajstić information content (AvgIpc) is 3.93. The van der Waals surface area contributed by atoms with E-state index in [1.165, 1.54) is 91.6 Å². The normalized spacial score (nSPS) is 18.4. The van der Waals surface area contributed by atoms with Crippen LogP contribution < -0.4 is 13.6 Å². The summed E-state index contributed by atoms with van der Waals surface area (Å²) < 4.78 is 0.929. The quantitative estimate of drug-likeness (QED) is 0.151. The van der Waals surface area contributed by atoms with Crippen LogP contribution in [0.1, 0.15) is 124 Å². The Morgan fingerprint density at radius 2 is 0.790 bits per heavy atom. The van der Waals surface area contributed by atoms with Crippen LogP contribution in [0.25, 0.3) is 45.5 Å². The molecule has 0 aromatic heterocycles. The number of rotatable bonds is 5. The van der Waals surface area contributed by atoms with Crippen LogP contribution in [0, 0.1) is 10.8 Å². The summed E-state index contributed by atoms with van der Waals surface area (Å²) in [7, 11) is 18.2. The number of benzene rings is 6. The maximum absolute atomic E-state index is 9.54. The van der Waals surface area contributed by atoms with Crippen molar-refractivity contribution < 1.29 is 16.4 Å². The summed E-state index contributed by atoms with van der Waals surface area (Å²) in [6.07, 6.45) is 5.07. The van der Waals surface area contributed by atoms with Gasteiger partial charge in [0.1, 0.15) is 0 Å². The van der Waals surface area contributed by atoms with Gasteiger partial charge in [0.2, 0.25) is 0 Å². The van der Waals surface area contributed by atoms with E-state index in [1.54, 1.807) is 0 Å². The van der Waals surface area contributed by atoms with Crippen LogP contribution in [0.2, 0.25) is 0 Å². The molecule has 2 atom stereocenters. The Morgan fingerprint density at radius 1 is 0.403 bits per heavy atom. The summed E-state index contributed by atoms with van der Waals surface area (Å²) in [5, 5.41) is 2.94. The summed E-state index contributed by atoms with van der Waals surface area (Å²) in [6.45, 7) is 28.3. The summed E-state index contributed by atoms with van der Waals surface area (Å²) in [4.78, 5) is 0. The molecule has 62 heavy (non-hydrogen) atoms. The van der Waals surface area contributed by atoms with Crippen molar-refractivity contribution in [3.63, 3.8) is 0 Å². The Kier molecular flexibility index (Phi) is 10.4. The number of fused-ring (bicyclic) bond motifs is 5. The molecule has 9 rings (SSSR count). The van der Waals surface area contributed by atoms with Gasteiger partial charge >= 0.3 is 386 Å². The fraction of sp³-hybridized carbons (Fsp3) is 0.310. The molecule has 0 spiro atoms. The number of halogens is 2. The molecular formula is C58H63Cl2SiZr. The summed E-state index contributed by atoms with van der Waals surface area (Å²) in [5.41, 5.74) is 17.8. The molecule has 4 heteroatoms. The Bertz CT molecular complexity index is 2720. The zero-order valence-corrected chi connectivity index (χ0v) is 44.3. The first-order chi connectivity index (χ1) is 29.0. The summed E-state index contributed by atoms with van der Waals surface area (Å²) in [6, 6.07) is 48.1.